The van der Waals surface area contributed by atoms with Gasteiger partial charge in [0.1, 0.15) is 5.75 Å². The van der Waals surface area contributed by atoms with Gasteiger partial charge >= 0.3 is 0 Å². The molecule has 2 nitrogen and oxygen atoms in total. The largest absolute Gasteiger partial charge is 0.496 e. The summed E-state index contributed by atoms with van der Waals surface area (Å²) in [5.41, 5.74) is 2.92. The smallest absolute Gasteiger partial charge is 0.122 e. The SMILES string of the molecule is C=CCN1CCC2Cc3c(cccc3OC)C[C@@H]21. The van der Waals surface area contributed by atoms with E-state index in [1.54, 1.807) is 7.11 Å². The summed E-state index contributed by atoms with van der Waals surface area (Å²) in [6.45, 7) is 6.12. The van der Waals surface area contributed by atoms with E-state index in [1.165, 1.54) is 36.9 Å². The molecule has 0 radical (unpaired) electrons. The fraction of sp³-hybridized carbons (Fsp3) is 0.500. The topological polar surface area (TPSA) is 12.5 Å². The van der Waals surface area contributed by atoms with E-state index >= 15 is 0 Å². The Bertz CT molecular complexity index is 454. The van der Waals surface area contributed by atoms with Crippen molar-refractivity contribution in [1.82, 2.24) is 4.90 Å². The molecule has 0 spiro atoms. The molecular weight excluding hydrogens is 222 g/mol. The van der Waals surface area contributed by atoms with E-state index in [1.807, 2.05) is 6.08 Å². The van der Waals surface area contributed by atoms with Crippen molar-refractivity contribution in [3.8, 4) is 5.75 Å². The van der Waals surface area contributed by atoms with Gasteiger partial charge in [0.15, 0.2) is 0 Å². The number of ether oxygens (including phenoxy) is 1. The number of fused-ring (bicyclic) bond motifs is 2. The molecule has 2 atom stereocenters. The molecule has 0 amide bonds. The normalized spacial score (nSPS) is 26.5. The first-order chi connectivity index (χ1) is 8.83. The number of benzene rings is 1. The standard InChI is InChI=1S/C16H21NO/c1-3-8-17-9-7-13-10-14-12(11-15(13)17)5-4-6-16(14)18-2/h3-6,13,15H,1,7-11H2,2H3/t13?,15-/m0/s1. The first kappa shape index (κ1) is 11.8. The van der Waals surface area contributed by atoms with E-state index in [0.717, 1.165) is 18.2 Å². The third kappa shape index (κ3) is 1.85. The fourth-order valence-corrected chi connectivity index (χ4v) is 3.63. The molecule has 1 aromatic rings. The van der Waals surface area contributed by atoms with E-state index in [4.69, 9.17) is 4.74 Å². The molecule has 0 aromatic heterocycles. The molecule has 18 heavy (non-hydrogen) atoms. The lowest BCUT2D eigenvalue weighted by atomic mass is 9.80. The Morgan fingerprint density at radius 1 is 1.44 bits per heavy atom. The van der Waals surface area contributed by atoms with E-state index in [2.05, 4.69) is 29.7 Å². The van der Waals surface area contributed by atoms with E-state index < -0.39 is 0 Å². The van der Waals surface area contributed by atoms with Crippen molar-refractivity contribution in [3.05, 3.63) is 42.0 Å². The summed E-state index contributed by atoms with van der Waals surface area (Å²) in [5, 5.41) is 0. The van der Waals surface area contributed by atoms with Gasteiger partial charge < -0.3 is 4.74 Å². The van der Waals surface area contributed by atoms with Gasteiger partial charge in [0.25, 0.3) is 0 Å². The predicted octanol–water partition coefficient (Wildman–Crippen LogP) is 2.67. The van der Waals surface area contributed by atoms with Crippen LogP contribution in [-0.4, -0.2) is 31.1 Å². The van der Waals surface area contributed by atoms with Crippen LogP contribution in [0.3, 0.4) is 0 Å². The monoisotopic (exact) mass is 243 g/mol. The highest BCUT2D eigenvalue weighted by Crippen LogP contribution is 2.38. The van der Waals surface area contributed by atoms with Gasteiger partial charge in [-0.2, -0.15) is 0 Å². The lowest BCUT2D eigenvalue weighted by Gasteiger charge is -2.33. The zero-order valence-electron chi connectivity index (χ0n) is 11.1. The van der Waals surface area contributed by atoms with E-state index in [-0.39, 0.29) is 0 Å². The van der Waals surface area contributed by atoms with Crippen molar-refractivity contribution in [3.63, 3.8) is 0 Å². The second-order valence-corrected chi connectivity index (χ2v) is 5.41. The van der Waals surface area contributed by atoms with Crippen LogP contribution in [0.1, 0.15) is 17.5 Å². The van der Waals surface area contributed by atoms with Crippen LogP contribution in [0.25, 0.3) is 0 Å². The summed E-state index contributed by atoms with van der Waals surface area (Å²) in [6, 6.07) is 7.18. The van der Waals surface area contributed by atoms with Gasteiger partial charge in [-0.3, -0.25) is 4.90 Å². The van der Waals surface area contributed by atoms with E-state index in [9.17, 15) is 0 Å². The molecule has 3 rings (SSSR count). The summed E-state index contributed by atoms with van der Waals surface area (Å²) >= 11 is 0. The molecule has 0 N–H and O–H groups in total. The minimum absolute atomic E-state index is 0.711. The average Bonchev–Trinajstić information content (AvgIpc) is 2.79. The molecule has 1 heterocycles. The quantitative estimate of drug-likeness (QED) is 0.757. The van der Waals surface area contributed by atoms with Crippen molar-refractivity contribution in [2.75, 3.05) is 20.2 Å². The minimum Gasteiger partial charge on any atom is -0.496 e. The first-order valence-electron chi connectivity index (χ1n) is 6.83. The third-order valence-electron chi connectivity index (χ3n) is 4.51. The maximum Gasteiger partial charge on any atom is 0.122 e. The Labute approximate surface area is 109 Å². The summed E-state index contributed by atoms with van der Waals surface area (Å²) in [5.74, 6) is 1.88. The Morgan fingerprint density at radius 2 is 2.33 bits per heavy atom. The lowest BCUT2D eigenvalue weighted by molar-refractivity contribution is 0.234. The summed E-state index contributed by atoms with van der Waals surface area (Å²) in [4.78, 5) is 2.58. The number of hydrogen-bond acceptors (Lipinski definition) is 2. The highest BCUT2D eigenvalue weighted by Gasteiger charge is 2.37. The van der Waals surface area contributed by atoms with Crippen LogP contribution in [0.15, 0.2) is 30.9 Å². The molecule has 1 saturated heterocycles. The molecule has 1 aliphatic carbocycles. The molecule has 1 unspecified atom stereocenters. The highest BCUT2D eigenvalue weighted by molar-refractivity contribution is 5.43. The zero-order valence-corrected chi connectivity index (χ0v) is 11.1. The molecule has 1 aliphatic heterocycles. The maximum absolute atomic E-state index is 5.51. The number of methoxy groups -OCH3 is 1. The van der Waals surface area contributed by atoms with Gasteiger partial charge in [-0.25, -0.2) is 0 Å². The van der Waals surface area contributed by atoms with Crippen LogP contribution in [0.4, 0.5) is 0 Å². The maximum atomic E-state index is 5.51. The zero-order chi connectivity index (χ0) is 12.5. The van der Waals surface area contributed by atoms with Crippen LogP contribution < -0.4 is 4.74 Å². The Balaban J connectivity index is 1.89. The van der Waals surface area contributed by atoms with Crippen molar-refractivity contribution in [2.24, 2.45) is 5.92 Å². The van der Waals surface area contributed by atoms with Crippen LogP contribution in [-0.2, 0) is 12.8 Å². The van der Waals surface area contributed by atoms with Gasteiger partial charge in [-0.1, -0.05) is 18.2 Å². The van der Waals surface area contributed by atoms with Gasteiger partial charge in [-0.15, -0.1) is 6.58 Å². The van der Waals surface area contributed by atoms with E-state index in [0.29, 0.717) is 6.04 Å². The summed E-state index contributed by atoms with van der Waals surface area (Å²) in [6.07, 6.45) is 5.70. The first-order valence-corrected chi connectivity index (χ1v) is 6.83. The third-order valence-corrected chi connectivity index (χ3v) is 4.51. The molecule has 96 valence electrons. The molecule has 0 saturated carbocycles. The predicted molar refractivity (Wildman–Crippen MR) is 74.1 cm³/mol. The Kier molecular flexibility index (Phi) is 3.13. The fourth-order valence-electron chi connectivity index (χ4n) is 3.63. The number of nitrogens with zero attached hydrogens (tertiary/aromatic N) is 1. The van der Waals surface area contributed by atoms with Crippen LogP contribution >= 0.6 is 0 Å². The van der Waals surface area contributed by atoms with Crippen molar-refractivity contribution in [1.29, 1.82) is 0 Å². The highest BCUT2D eigenvalue weighted by atomic mass is 16.5. The second kappa shape index (κ2) is 4.77. The lowest BCUT2D eigenvalue weighted by Crippen LogP contribution is -2.38. The number of rotatable bonds is 3. The van der Waals surface area contributed by atoms with Crippen LogP contribution in [0.5, 0.6) is 5.75 Å². The molecule has 2 heteroatoms. The summed E-state index contributed by atoms with van der Waals surface area (Å²) in [7, 11) is 1.78. The van der Waals surface area contributed by atoms with Crippen molar-refractivity contribution < 1.29 is 4.74 Å². The van der Waals surface area contributed by atoms with Gasteiger partial charge in [0.05, 0.1) is 7.11 Å². The van der Waals surface area contributed by atoms with Gasteiger partial charge in [0, 0.05) is 12.6 Å². The Morgan fingerprint density at radius 3 is 3.11 bits per heavy atom. The number of likely N-dealkylation sites (tertiary alicyclic amines) is 1. The van der Waals surface area contributed by atoms with Gasteiger partial charge in [-0.05, 0) is 48.9 Å². The minimum atomic E-state index is 0.711. The van der Waals surface area contributed by atoms with Crippen molar-refractivity contribution in [2.45, 2.75) is 25.3 Å². The van der Waals surface area contributed by atoms with Crippen LogP contribution in [0.2, 0.25) is 0 Å². The second-order valence-electron chi connectivity index (χ2n) is 5.41. The summed E-state index contributed by atoms with van der Waals surface area (Å²) < 4.78 is 5.51. The van der Waals surface area contributed by atoms with Crippen molar-refractivity contribution >= 4 is 0 Å². The molecule has 0 bridgehead atoms. The van der Waals surface area contributed by atoms with Gasteiger partial charge in [0.2, 0.25) is 0 Å². The molecule has 1 aromatic carbocycles. The molecule has 2 aliphatic rings. The molecular formula is C16H21NO. The van der Waals surface area contributed by atoms with Crippen LogP contribution in [0, 0.1) is 5.92 Å². The molecule has 1 fully saturated rings. The number of hydrogen-bond donors (Lipinski definition) is 0. The average molecular weight is 243 g/mol. The Hall–Kier alpha value is -1.28.